The van der Waals surface area contributed by atoms with Crippen LogP contribution in [-0.4, -0.2) is 49.7 Å². The van der Waals surface area contributed by atoms with E-state index in [4.69, 9.17) is 4.74 Å². The number of carbonyl (C=O) groups excluding carboxylic acids is 1. The molecule has 1 N–H and O–H groups in total. The quantitative estimate of drug-likeness (QED) is 0.694. The molecule has 3 atom stereocenters. The lowest BCUT2D eigenvalue weighted by molar-refractivity contribution is -0.147. The van der Waals surface area contributed by atoms with Crippen molar-refractivity contribution in [2.45, 2.75) is 32.9 Å². The van der Waals surface area contributed by atoms with Gasteiger partial charge in [0.05, 0.1) is 13.0 Å². The number of carbonyl (C=O) groups is 1. The summed E-state index contributed by atoms with van der Waals surface area (Å²) in [6.07, 6.45) is 0. The van der Waals surface area contributed by atoms with Gasteiger partial charge in [0, 0.05) is 31.7 Å². The van der Waals surface area contributed by atoms with Crippen molar-refractivity contribution in [2.75, 3.05) is 26.7 Å². The van der Waals surface area contributed by atoms with Gasteiger partial charge < -0.3 is 10.1 Å². The molecule has 1 heterocycles. The maximum atomic E-state index is 11.4. The van der Waals surface area contributed by atoms with Gasteiger partial charge in [0.1, 0.15) is 0 Å². The van der Waals surface area contributed by atoms with Crippen LogP contribution in [0.3, 0.4) is 0 Å². The van der Waals surface area contributed by atoms with E-state index in [-0.39, 0.29) is 17.9 Å². The first-order valence-corrected chi connectivity index (χ1v) is 5.61. The molecule has 0 aromatic rings. The van der Waals surface area contributed by atoms with E-state index in [2.05, 4.69) is 24.1 Å². The van der Waals surface area contributed by atoms with Gasteiger partial charge in [-0.1, -0.05) is 6.92 Å². The second-order valence-corrected chi connectivity index (χ2v) is 4.40. The predicted octanol–water partition coefficient (Wildman–Crippen LogP) is 0.478. The Bertz CT molecular complexity index is 221. The molecule has 3 unspecified atom stereocenters. The summed E-state index contributed by atoms with van der Waals surface area (Å²) in [5.74, 6) is -0.172. The highest BCUT2D eigenvalue weighted by Crippen LogP contribution is 2.14. The Hall–Kier alpha value is -0.610. The third-order valence-corrected chi connectivity index (χ3v) is 3.27. The summed E-state index contributed by atoms with van der Waals surface area (Å²) < 4.78 is 4.77. The summed E-state index contributed by atoms with van der Waals surface area (Å²) >= 11 is 0. The minimum Gasteiger partial charge on any atom is -0.469 e. The minimum absolute atomic E-state index is 0.0553. The Labute approximate surface area is 92.0 Å². The largest absolute Gasteiger partial charge is 0.469 e. The minimum atomic E-state index is -0.117. The first-order chi connectivity index (χ1) is 7.06. The zero-order chi connectivity index (χ0) is 11.4. The van der Waals surface area contributed by atoms with Gasteiger partial charge in [0.25, 0.3) is 0 Å². The van der Waals surface area contributed by atoms with Crippen LogP contribution in [-0.2, 0) is 9.53 Å². The molecule has 0 saturated carbocycles. The van der Waals surface area contributed by atoms with Crippen LogP contribution >= 0.6 is 0 Å². The van der Waals surface area contributed by atoms with Crippen LogP contribution in [0, 0.1) is 5.92 Å². The lowest BCUT2D eigenvalue weighted by Gasteiger charge is -2.37. The molecule has 1 fully saturated rings. The topological polar surface area (TPSA) is 41.6 Å². The van der Waals surface area contributed by atoms with E-state index in [0.717, 1.165) is 19.6 Å². The lowest BCUT2D eigenvalue weighted by atomic mass is 10.0. The fourth-order valence-corrected chi connectivity index (χ4v) is 2.03. The highest BCUT2D eigenvalue weighted by atomic mass is 16.5. The Morgan fingerprint density at radius 1 is 1.53 bits per heavy atom. The van der Waals surface area contributed by atoms with Crippen LogP contribution in [0.4, 0.5) is 0 Å². The van der Waals surface area contributed by atoms with Gasteiger partial charge >= 0.3 is 5.97 Å². The lowest BCUT2D eigenvalue weighted by Crippen LogP contribution is -2.54. The molecule has 15 heavy (non-hydrogen) atoms. The van der Waals surface area contributed by atoms with Crippen LogP contribution in [0.5, 0.6) is 0 Å². The zero-order valence-corrected chi connectivity index (χ0v) is 10.1. The molecule has 1 aliphatic heterocycles. The third kappa shape index (κ3) is 3.18. The second-order valence-electron chi connectivity index (χ2n) is 4.40. The zero-order valence-electron chi connectivity index (χ0n) is 10.1. The van der Waals surface area contributed by atoms with Crippen LogP contribution in [0.15, 0.2) is 0 Å². The molecular weight excluding hydrogens is 192 g/mol. The number of ether oxygens (including phenoxy) is 1. The summed E-state index contributed by atoms with van der Waals surface area (Å²) in [5, 5.41) is 3.39. The van der Waals surface area contributed by atoms with Crippen LogP contribution in [0.1, 0.15) is 20.8 Å². The SMILES string of the molecule is COC(=O)C(C)C(C)N1CCNC(C)C1. The normalized spacial score (nSPS) is 27.1. The smallest absolute Gasteiger partial charge is 0.309 e. The summed E-state index contributed by atoms with van der Waals surface area (Å²) in [4.78, 5) is 13.8. The molecule has 0 aromatic carbocycles. The van der Waals surface area contributed by atoms with E-state index in [1.54, 1.807) is 0 Å². The van der Waals surface area contributed by atoms with Crippen molar-refractivity contribution in [3.63, 3.8) is 0 Å². The number of hydrogen-bond acceptors (Lipinski definition) is 4. The summed E-state index contributed by atoms with van der Waals surface area (Å²) in [6, 6.07) is 0.757. The van der Waals surface area contributed by atoms with Gasteiger partial charge in [-0.25, -0.2) is 0 Å². The summed E-state index contributed by atoms with van der Waals surface area (Å²) in [6.45, 7) is 9.21. The van der Waals surface area contributed by atoms with Crippen molar-refractivity contribution >= 4 is 5.97 Å². The fourth-order valence-electron chi connectivity index (χ4n) is 2.03. The molecule has 0 amide bonds. The van der Waals surface area contributed by atoms with Crippen molar-refractivity contribution in [3.05, 3.63) is 0 Å². The predicted molar refractivity (Wildman–Crippen MR) is 59.7 cm³/mol. The maximum Gasteiger partial charge on any atom is 0.309 e. The molecule has 4 heteroatoms. The van der Waals surface area contributed by atoms with Crippen LogP contribution in [0.2, 0.25) is 0 Å². The van der Waals surface area contributed by atoms with E-state index in [9.17, 15) is 4.79 Å². The van der Waals surface area contributed by atoms with E-state index < -0.39 is 0 Å². The monoisotopic (exact) mass is 214 g/mol. The van der Waals surface area contributed by atoms with Gasteiger partial charge in [-0.05, 0) is 13.8 Å². The number of methoxy groups -OCH3 is 1. The molecular formula is C11H22N2O2. The average Bonchev–Trinajstić information content (AvgIpc) is 2.26. The van der Waals surface area contributed by atoms with E-state index in [0.29, 0.717) is 6.04 Å². The van der Waals surface area contributed by atoms with Gasteiger partial charge in [-0.2, -0.15) is 0 Å². The van der Waals surface area contributed by atoms with Gasteiger partial charge in [-0.3, -0.25) is 9.69 Å². The molecule has 1 saturated heterocycles. The molecule has 4 nitrogen and oxygen atoms in total. The highest BCUT2D eigenvalue weighted by molar-refractivity contribution is 5.72. The van der Waals surface area contributed by atoms with Gasteiger partial charge in [0.15, 0.2) is 0 Å². The van der Waals surface area contributed by atoms with Gasteiger partial charge in [-0.15, -0.1) is 0 Å². The first-order valence-electron chi connectivity index (χ1n) is 5.61. The molecule has 1 aliphatic rings. The number of rotatable bonds is 3. The Morgan fingerprint density at radius 2 is 2.20 bits per heavy atom. The number of hydrogen-bond donors (Lipinski definition) is 1. The van der Waals surface area contributed by atoms with Crippen molar-refractivity contribution < 1.29 is 9.53 Å². The van der Waals surface area contributed by atoms with Crippen molar-refractivity contribution in [2.24, 2.45) is 5.92 Å². The van der Waals surface area contributed by atoms with E-state index in [1.165, 1.54) is 7.11 Å². The standard InChI is InChI=1S/C11H22N2O2/c1-8-7-13(6-5-12-8)10(3)9(2)11(14)15-4/h8-10,12H,5-7H2,1-4H3. The number of nitrogens with zero attached hydrogens (tertiary/aromatic N) is 1. The number of esters is 1. The number of nitrogens with one attached hydrogen (secondary N) is 1. The Morgan fingerprint density at radius 3 is 2.73 bits per heavy atom. The van der Waals surface area contributed by atoms with Crippen LogP contribution in [0.25, 0.3) is 0 Å². The highest BCUT2D eigenvalue weighted by Gasteiger charge is 2.28. The number of piperazine rings is 1. The first kappa shape index (κ1) is 12.5. The van der Waals surface area contributed by atoms with Crippen molar-refractivity contribution in [1.82, 2.24) is 10.2 Å². The third-order valence-electron chi connectivity index (χ3n) is 3.27. The molecule has 0 aliphatic carbocycles. The van der Waals surface area contributed by atoms with E-state index >= 15 is 0 Å². The van der Waals surface area contributed by atoms with Crippen molar-refractivity contribution in [1.29, 1.82) is 0 Å². The van der Waals surface area contributed by atoms with Gasteiger partial charge in [0.2, 0.25) is 0 Å². The summed E-state index contributed by atoms with van der Waals surface area (Å²) in [7, 11) is 1.45. The molecule has 0 spiro atoms. The van der Waals surface area contributed by atoms with Crippen LogP contribution < -0.4 is 5.32 Å². The van der Waals surface area contributed by atoms with Crippen molar-refractivity contribution in [3.8, 4) is 0 Å². The maximum absolute atomic E-state index is 11.4. The van der Waals surface area contributed by atoms with E-state index in [1.807, 2.05) is 6.92 Å². The average molecular weight is 214 g/mol. The molecule has 88 valence electrons. The molecule has 0 bridgehead atoms. The Balaban J connectivity index is 2.51. The Kier molecular flexibility index (Phi) is 4.54. The fraction of sp³-hybridized carbons (Fsp3) is 0.909. The molecule has 1 rings (SSSR count). The molecule has 0 aromatic heterocycles. The summed E-state index contributed by atoms with van der Waals surface area (Å²) in [5.41, 5.74) is 0. The molecule has 0 radical (unpaired) electrons. The second kappa shape index (κ2) is 5.47.